The molecule has 0 aromatic heterocycles. The maximum Gasteiger partial charge on any atom is 0.451 e. The summed E-state index contributed by atoms with van der Waals surface area (Å²) in [5, 5.41) is 2.81. The van der Waals surface area contributed by atoms with Crippen molar-refractivity contribution in [3.05, 3.63) is 0 Å². The molecule has 0 aliphatic carbocycles. The van der Waals surface area contributed by atoms with E-state index in [-0.39, 0.29) is 0 Å². The van der Waals surface area contributed by atoms with E-state index in [1.807, 2.05) is 11.9 Å². The molecule has 1 rings (SSSR count). The lowest BCUT2D eigenvalue weighted by atomic mass is 10.3. The molecule has 82 valence electrons. The summed E-state index contributed by atoms with van der Waals surface area (Å²) in [6.07, 6.45) is -4.45. The van der Waals surface area contributed by atoms with Crippen LogP contribution in [0.3, 0.4) is 0 Å². The average molecular weight is 210 g/mol. The number of alkyl halides is 3. The summed E-state index contributed by atoms with van der Waals surface area (Å²) in [6, 6.07) is 0. The number of amidine groups is 1. The van der Waals surface area contributed by atoms with E-state index >= 15 is 0 Å². The van der Waals surface area contributed by atoms with Crippen LogP contribution in [0.25, 0.3) is 0 Å². The Morgan fingerprint density at radius 1 is 1.21 bits per heavy atom. The predicted molar refractivity (Wildman–Crippen MR) is 46.7 cm³/mol. The number of halogens is 3. The third kappa shape index (κ3) is 2.50. The Hall–Kier alpha value is -0.980. The van der Waals surface area contributed by atoms with Crippen LogP contribution in [0.4, 0.5) is 13.2 Å². The molecule has 1 saturated heterocycles. The monoisotopic (exact) mass is 210 g/mol. The molecule has 0 unspecified atom stereocenters. The average Bonchev–Trinajstić information content (AvgIpc) is 2.07. The summed E-state index contributed by atoms with van der Waals surface area (Å²) < 4.78 is 37.0. The zero-order chi connectivity index (χ0) is 10.8. The fourth-order valence-electron chi connectivity index (χ4n) is 1.35. The quantitative estimate of drug-likeness (QED) is 0.266. The van der Waals surface area contributed by atoms with Crippen molar-refractivity contribution in [3.63, 3.8) is 0 Å². The fourth-order valence-corrected chi connectivity index (χ4v) is 1.35. The van der Waals surface area contributed by atoms with Gasteiger partial charge in [0.15, 0.2) is 0 Å². The van der Waals surface area contributed by atoms with Crippen molar-refractivity contribution in [2.24, 2.45) is 10.9 Å². The third-order valence-electron chi connectivity index (χ3n) is 2.18. The highest BCUT2D eigenvalue weighted by Gasteiger charge is 2.40. The Morgan fingerprint density at radius 2 is 1.71 bits per heavy atom. The van der Waals surface area contributed by atoms with Crippen LogP contribution in [-0.4, -0.2) is 55.0 Å². The number of likely N-dealkylation sites (N-methyl/N-ethyl adjacent to an activating group) is 1. The fraction of sp³-hybridized carbons (Fsp3) is 0.857. The first kappa shape index (κ1) is 11.1. The van der Waals surface area contributed by atoms with Crippen LogP contribution in [0.5, 0.6) is 0 Å². The maximum absolute atomic E-state index is 12.3. The Morgan fingerprint density at radius 3 is 2.07 bits per heavy atom. The minimum Gasteiger partial charge on any atom is -0.349 e. The molecule has 1 heterocycles. The van der Waals surface area contributed by atoms with Crippen molar-refractivity contribution in [2.75, 3.05) is 33.2 Å². The Kier molecular flexibility index (Phi) is 3.20. The van der Waals surface area contributed by atoms with E-state index in [1.54, 1.807) is 0 Å². The topological polar surface area (TPSA) is 44.9 Å². The SMILES string of the molecule is CN1CCN(/C(=N\N)C(F)(F)F)CC1. The number of hydrogen-bond acceptors (Lipinski definition) is 3. The first-order chi connectivity index (χ1) is 6.45. The first-order valence-electron chi connectivity index (χ1n) is 4.23. The highest BCUT2D eigenvalue weighted by Crippen LogP contribution is 2.20. The third-order valence-corrected chi connectivity index (χ3v) is 2.18. The summed E-state index contributed by atoms with van der Waals surface area (Å²) in [6.45, 7) is 1.81. The Bertz CT molecular complexity index is 217. The first-order valence-corrected chi connectivity index (χ1v) is 4.23. The zero-order valence-corrected chi connectivity index (χ0v) is 7.88. The summed E-state index contributed by atoms with van der Waals surface area (Å²) in [5.74, 6) is 3.76. The predicted octanol–water partition coefficient (Wildman–Crippen LogP) is 0.0683. The highest BCUT2D eigenvalue weighted by molar-refractivity contribution is 5.87. The molecule has 0 aromatic carbocycles. The van der Waals surface area contributed by atoms with E-state index in [0.717, 1.165) is 0 Å². The zero-order valence-electron chi connectivity index (χ0n) is 7.88. The lowest BCUT2D eigenvalue weighted by Gasteiger charge is -2.34. The summed E-state index contributed by atoms with van der Waals surface area (Å²) in [5.41, 5.74) is 0. The molecule has 2 N–H and O–H groups in total. The molecule has 1 fully saturated rings. The number of nitrogens with zero attached hydrogens (tertiary/aromatic N) is 3. The van der Waals surface area contributed by atoms with E-state index in [1.165, 1.54) is 4.90 Å². The Labute approximate surface area is 80.1 Å². The number of hydrogen-bond donors (Lipinski definition) is 1. The molecule has 0 amide bonds. The number of nitrogens with two attached hydrogens (primary N) is 1. The van der Waals surface area contributed by atoms with Crippen LogP contribution in [0.2, 0.25) is 0 Å². The van der Waals surface area contributed by atoms with Crippen LogP contribution >= 0.6 is 0 Å². The van der Waals surface area contributed by atoms with Gasteiger partial charge in [-0.05, 0) is 7.05 Å². The van der Waals surface area contributed by atoms with Gasteiger partial charge in [0.2, 0.25) is 5.84 Å². The number of rotatable bonds is 0. The van der Waals surface area contributed by atoms with Gasteiger partial charge in [-0.25, -0.2) is 0 Å². The molecular formula is C7H13F3N4. The van der Waals surface area contributed by atoms with Gasteiger partial charge >= 0.3 is 6.18 Å². The second-order valence-electron chi connectivity index (χ2n) is 3.24. The Balaban J connectivity index is 2.64. The van der Waals surface area contributed by atoms with Crippen molar-refractivity contribution >= 4 is 5.84 Å². The van der Waals surface area contributed by atoms with E-state index in [9.17, 15) is 13.2 Å². The van der Waals surface area contributed by atoms with E-state index < -0.39 is 12.0 Å². The number of hydrazone groups is 1. The van der Waals surface area contributed by atoms with Gasteiger partial charge in [-0.15, -0.1) is 0 Å². The van der Waals surface area contributed by atoms with E-state index in [2.05, 4.69) is 5.10 Å². The minimum atomic E-state index is -4.45. The summed E-state index contributed by atoms with van der Waals surface area (Å²) >= 11 is 0. The maximum atomic E-state index is 12.3. The lowest BCUT2D eigenvalue weighted by Crippen LogP contribution is -2.51. The van der Waals surface area contributed by atoms with Gasteiger partial charge in [0, 0.05) is 26.2 Å². The molecule has 0 radical (unpaired) electrons. The van der Waals surface area contributed by atoms with Crippen molar-refractivity contribution in [1.82, 2.24) is 9.80 Å². The van der Waals surface area contributed by atoms with Gasteiger partial charge in [-0.3, -0.25) is 0 Å². The van der Waals surface area contributed by atoms with Gasteiger partial charge < -0.3 is 15.6 Å². The molecule has 0 saturated carbocycles. The van der Waals surface area contributed by atoms with Gasteiger partial charge in [-0.2, -0.15) is 18.3 Å². The molecule has 0 atom stereocenters. The van der Waals surface area contributed by atoms with Crippen LogP contribution in [0, 0.1) is 0 Å². The second kappa shape index (κ2) is 4.04. The van der Waals surface area contributed by atoms with E-state index in [4.69, 9.17) is 5.84 Å². The summed E-state index contributed by atoms with van der Waals surface area (Å²) in [4.78, 5) is 3.13. The molecular weight excluding hydrogens is 197 g/mol. The standard InChI is InChI=1S/C7H13F3N4/c1-13-2-4-14(5-3-13)6(12-11)7(8,9)10/h2-5,11H2,1H3/b12-6-. The molecule has 0 bridgehead atoms. The second-order valence-corrected chi connectivity index (χ2v) is 3.24. The molecule has 1 aliphatic rings. The van der Waals surface area contributed by atoms with Crippen LogP contribution in [0.15, 0.2) is 5.10 Å². The minimum absolute atomic E-state index is 0.312. The van der Waals surface area contributed by atoms with Crippen LogP contribution in [-0.2, 0) is 0 Å². The van der Waals surface area contributed by atoms with E-state index in [0.29, 0.717) is 26.2 Å². The van der Waals surface area contributed by atoms with Crippen molar-refractivity contribution in [1.29, 1.82) is 0 Å². The van der Waals surface area contributed by atoms with Crippen LogP contribution < -0.4 is 5.84 Å². The van der Waals surface area contributed by atoms with Gasteiger partial charge in [0.1, 0.15) is 0 Å². The van der Waals surface area contributed by atoms with Gasteiger partial charge in [0.25, 0.3) is 0 Å². The summed E-state index contributed by atoms with van der Waals surface area (Å²) in [7, 11) is 1.87. The molecule has 4 nitrogen and oxygen atoms in total. The largest absolute Gasteiger partial charge is 0.451 e. The van der Waals surface area contributed by atoms with Crippen LogP contribution in [0.1, 0.15) is 0 Å². The molecule has 14 heavy (non-hydrogen) atoms. The lowest BCUT2D eigenvalue weighted by molar-refractivity contribution is -0.0706. The molecule has 0 aromatic rings. The van der Waals surface area contributed by atoms with Crippen molar-refractivity contribution in [3.8, 4) is 0 Å². The van der Waals surface area contributed by atoms with Crippen molar-refractivity contribution in [2.45, 2.75) is 6.18 Å². The van der Waals surface area contributed by atoms with Crippen molar-refractivity contribution < 1.29 is 13.2 Å². The normalized spacial score (nSPS) is 21.4. The van der Waals surface area contributed by atoms with Gasteiger partial charge in [0.05, 0.1) is 0 Å². The van der Waals surface area contributed by atoms with Gasteiger partial charge in [-0.1, -0.05) is 0 Å². The number of piperazine rings is 1. The highest BCUT2D eigenvalue weighted by atomic mass is 19.4. The molecule has 0 spiro atoms. The molecule has 1 aliphatic heterocycles. The molecule has 7 heteroatoms. The smallest absolute Gasteiger partial charge is 0.349 e.